The highest BCUT2D eigenvalue weighted by Crippen LogP contribution is 2.19. The third-order valence-corrected chi connectivity index (χ3v) is 3.33. The predicted octanol–water partition coefficient (Wildman–Crippen LogP) is 1.88. The number of nitro groups is 1. The summed E-state index contributed by atoms with van der Waals surface area (Å²) in [6.45, 7) is 3.36. The van der Waals surface area contributed by atoms with Crippen LogP contribution in [0.1, 0.15) is 24.2 Å². The van der Waals surface area contributed by atoms with Crippen LogP contribution in [0.5, 0.6) is 0 Å². The summed E-state index contributed by atoms with van der Waals surface area (Å²) in [7, 11) is 0. The third-order valence-electron chi connectivity index (χ3n) is 2.39. The smallest absolute Gasteiger partial charge is 0.328 e. The van der Waals surface area contributed by atoms with Gasteiger partial charge in [0.2, 0.25) is 0 Å². The summed E-state index contributed by atoms with van der Waals surface area (Å²) < 4.78 is 5.33. The molecule has 0 aliphatic heterocycles. The highest BCUT2D eigenvalue weighted by Gasteiger charge is 2.20. The molecule has 0 saturated carbocycles. The maximum absolute atomic E-state index is 12.0. The van der Waals surface area contributed by atoms with Gasteiger partial charge in [0.15, 0.2) is 0 Å². The monoisotopic (exact) mass is 392 g/mol. The van der Waals surface area contributed by atoms with E-state index in [1.165, 1.54) is 25.1 Å². The van der Waals surface area contributed by atoms with Crippen molar-refractivity contribution in [2.24, 2.45) is 0 Å². The lowest BCUT2D eigenvalue weighted by Crippen LogP contribution is -2.39. The van der Waals surface area contributed by atoms with E-state index in [1.807, 2.05) is 22.6 Å². The first-order valence-electron chi connectivity index (χ1n) is 5.78. The topological polar surface area (TPSA) is 98.5 Å². The maximum atomic E-state index is 12.0. The van der Waals surface area contributed by atoms with Crippen LogP contribution >= 0.6 is 22.6 Å². The Kier molecular flexibility index (Phi) is 5.86. The van der Waals surface area contributed by atoms with Crippen molar-refractivity contribution in [3.8, 4) is 0 Å². The fourth-order valence-electron chi connectivity index (χ4n) is 1.40. The van der Waals surface area contributed by atoms with Gasteiger partial charge in [0.1, 0.15) is 6.04 Å². The summed E-state index contributed by atoms with van der Waals surface area (Å²) in [5, 5.41) is 13.1. The Hall–Kier alpha value is -1.71. The van der Waals surface area contributed by atoms with Crippen LogP contribution in [0.25, 0.3) is 0 Å². The second kappa shape index (κ2) is 7.17. The number of esters is 1. The summed E-state index contributed by atoms with van der Waals surface area (Å²) in [5.74, 6) is -1.11. The number of ether oxygens (including phenoxy) is 1. The summed E-state index contributed by atoms with van der Waals surface area (Å²) >= 11 is 1.90. The number of amides is 1. The van der Waals surface area contributed by atoms with Crippen molar-refractivity contribution in [3.63, 3.8) is 0 Å². The molecule has 8 heteroatoms. The molecule has 0 heterocycles. The third kappa shape index (κ3) is 4.15. The van der Waals surface area contributed by atoms with Gasteiger partial charge in [-0.1, -0.05) is 0 Å². The Balaban J connectivity index is 2.89. The fraction of sp³-hybridized carbons (Fsp3) is 0.333. The van der Waals surface area contributed by atoms with Crippen molar-refractivity contribution in [2.75, 3.05) is 6.61 Å². The molecule has 1 rings (SSSR count). The molecule has 0 aliphatic carbocycles. The lowest BCUT2D eigenvalue weighted by atomic mass is 10.2. The summed E-state index contributed by atoms with van der Waals surface area (Å²) in [6.07, 6.45) is 0. The quantitative estimate of drug-likeness (QED) is 0.357. The zero-order chi connectivity index (χ0) is 15.3. The minimum Gasteiger partial charge on any atom is -0.464 e. The average molecular weight is 392 g/mol. The number of hydrogen-bond donors (Lipinski definition) is 1. The van der Waals surface area contributed by atoms with Gasteiger partial charge >= 0.3 is 5.97 Å². The minimum absolute atomic E-state index is 0.149. The number of benzene rings is 1. The first-order chi connectivity index (χ1) is 9.36. The van der Waals surface area contributed by atoms with E-state index in [9.17, 15) is 19.7 Å². The van der Waals surface area contributed by atoms with Crippen molar-refractivity contribution < 1.29 is 19.2 Å². The number of nitrogens with one attached hydrogen (secondary N) is 1. The number of non-ortho nitro benzene ring substituents is 1. The number of carbonyl (C=O) groups is 2. The van der Waals surface area contributed by atoms with Crippen LogP contribution in [-0.4, -0.2) is 29.4 Å². The number of rotatable bonds is 5. The van der Waals surface area contributed by atoms with E-state index in [1.54, 1.807) is 6.92 Å². The molecule has 20 heavy (non-hydrogen) atoms. The zero-order valence-electron chi connectivity index (χ0n) is 10.9. The number of hydrogen-bond acceptors (Lipinski definition) is 5. The van der Waals surface area contributed by atoms with Crippen LogP contribution in [0.4, 0.5) is 5.69 Å². The van der Waals surface area contributed by atoms with E-state index in [-0.39, 0.29) is 17.9 Å². The Morgan fingerprint density at radius 1 is 1.50 bits per heavy atom. The molecule has 1 aromatic carbocycles. The molecule has 7 nitrogen and oxygen atoms in total. The Morgan fingerprint density at radius 2 is 2.15 bits per heavy atom. The molecule has 0 aliphatic rings. The van der Waals surface area contributed by atoms with E-state index in [2.05, 4.69) is 5.32 Å². The standard InChI is InChI=1S/C12H13IN2O5/c1-3-20-12(17)7(2)14-11(16)9-6-8(15(18)19)4-5-10(9)13/h4-7H,3H2,1-2H3,(H,14,16). The molecule has 108 valence electrons. The molecule has 1 aromatic rings. The Labute approximate surface area is 129 Å². The fourth-order valence-corrected chi connectivity index (χ4v) is 1.98. The van der Waals surface area contributed by atoms with Gasteiger partial charge < -0.3 is 10.1 Å². The molecule has 1 amide bonds. The number of halogens is 1. The highest BCUT2D eigenvalue weighted by atomic mass is 127. The largest absolute Gasteiger partial charge is 0.464 e. The molecule has 0 fully saturated rings. The van der Waals surface area contributed by atoms with Gasteiger partial charge in [0.25, 0.3) is 11.6 Å². The number of carbonyl (C=O) groups excluding carboxylic acids is 2. The van der Waals surface area contributed by atoms with Crippen molar-refractivity contribution in [1.29, 1.82) is 0 Å². The SMILES string of the molecule is CCOC(=O)C(C)NC(=O)c1cc([N+](=O)[O-])ccc1I. The second-order valence-electron chi connectivity index (χ2n) is 3.87. The summed E-state index contributed by atoms with van der Waals surface area (Å²) in [6, 6.07) is 3.14. The van der Waals surface area contributed by atoms with Crippen molar-refractivity contribution in [1.82, 2.24) is 5.32 Å². The second-order valence-corrected chi connectivity index (χ2v) is 5.03. The average Bonchev–Trinajstić information content (AvgIpc) is 2.38. The van der Waals surface area contributed by atoms with Crippen LogP contribution in [-0.2, 0) is 9.53 Å². The van der Waals surface area contributed by atoms with Crippen LogP contribution in [0.2, 0.25) is 0 Å². The molecule has 1 atom stereocenters. The van der Waals surface area contributed by atoms with Crippen LogP contribution in [0.15, 0.2) is 18.2 Å². The molecular formula is C12H13IN2O5. The van der Waals surface area contributed by atoms with Crippen LogP contribution in [0, 0.1) is 13.7 Å². The molecule has 0 saturated heterocycles. The van der Waals surface area contributed by atoms with Gasteiger partial charge in [-0.3, -0.25) is 14.9 Å². The summed E-state index contributed by atoms with van der Waals surface area (Å²) in [5.41, 5.74) is -0.0321. The van der Waals surface area contributed by atoms with Gasteiger partial charge in [-0.05, 0) is 42.5 Å². The van der Waals surface area contributed by atoms with Gasteiger partial charge in [0, 0.05) is 15.7 Å². The molecule has 1 N–H and O–H groups in total. The van der Waals surface area contributed by atoms with E-state index in [0.29, 0.717) is 3.57 Å². The number of nitro benzene ring substituents is 1. The van der Waals surface area contributed by atoms with Crippen molar-refractivity contribution in [2.45, 2.75) is 19.9 Å². The van der Waals surface area contributed by atoms with Gasteiger partial charge in [0.05, 0.1) is 17.1 Å². The van der Waals surface area contributed by atoms with Gasteiger partial charge in [-0.15, -0.1) is 0 Å². The van der Waals surface area contributed by atoms with Gasteiger partial charge in [-0.2, -0.15) is 0 Å². The molecule has 0 spiro atoms. The molecule has 0 radical (unpaired) electrons. The highest BCUT2D eigenvalue weighted by molar-refractivity contribution is 14.1. The van der Waals surface area contributed by atoms with Crippen molar-refractivity contribution in [3.05, 3.63) is 37.4 Å². The van der Waals surface area contributed by atoms with Crippen LogP contribution in [0.3, 0.4) is 0 Å². The van der Waals surface area contributed by atoms with E-state index < -0.39 is 22.8 Å². The van der Waals surface area contributed by atoms with E-state index in [0.717, 1.165) is 0 Å². The zero-order valence-corrected chi connectivity index (χ0v) is 13.0. The minimum atomic E-state index is -0.822. The first kappa shape index (κ1) is 16.3. The number of nitrogens with zero attached hydrogens (tertiary/aromatic N) is 1. The van der Waals surface area contributed by atoms with Gasteiger partial charge in [-0.25, -0.2) is 4.79 Å². The molecule has 0 aromatic heterocycles. The van der Waals surface area contributed by atoms with E-state index >= 15 is 0 Å². The van der Waals surface area contributed by atoms with E-state index in [4.69, 9.17) is 4.74 Å². The lowest BCUT2D eigenvalue weighted by molar-refractivity contribution is -0.384. The molecular weight excluding hydrogens is 379 g/mol. The lowest BCUT2D eigenvalue weighted by Gasteiger charge is -2.13. The normalized spacial score (nSPS) is 11.6. The van der Waals surface area contributed by atoms with Crippen LogP contribution < -0.4 is 5.32 Å². The Morgan fingerprint density at radius 3 is 2.70 bits per heavy atom. The van der Waals surface area contributed by atoms with Crippen molar-refractivity contribution >= 4 is 40.2 Å². The first-order valence-corrected chi connectivity index (χ1v) is 6.86. The summed E-state index contributed by atoms with van der Waals surface area (Å²) in [4.78, 5) is 33.6. The molecule has 1 unspecified atom stereocenters. The predicted molar refractivity (Wildman–Crippen MR) is 79.4 cm³/mol. The Bertz CT molecular complexity index is 547. The molecule has 0 bridgehead atoms. The maximum Gasteiger partial charge on any atom is 0.328 e.